The lowest BCUT2D eigenvalue weighted by atomic mass is 9.70. The smallest absolute Gasteiger partial charge is 0.222 e. The average Bonchev–Trinajstić information content (AvgIpc) is 2.76. The number of hydrogen-bond acceptors (Lipinski definition) is 4. The molecule has 1 aliphatic heterocycles. The third kappa shape index (κ3) is 2.23. The van der Waals surface area contributed by atoms with E-state index in [9.17, 15) is 0 Å². The second kappa shape index (κ2) is 4.41. The van der Waals surface area contributed by atoms with E-state index in [1.54, 1.807) is 0 Å². The van der Waals surface area contributed by atoms with Crippen molar-refractivity contribution in [3.63, 3.8) is 0 Å². The van der Waals surface area contributed by atoms with Crippen LogP contribution in [0.1, 0.15) is 57.2 Å². The van der Waals surface area contributed by atoms with Crippen LogP contribution in [0.5, 0.6) is 0 Å². The highest BCUT2D eigenvalue weighted by atomic mass is 16.4. The van der Waals surface area contributed by atoms with Crippen LogP contribution < -0.4 is 5.32 Å². The number of rotatable bonds is 3. The molecule has 2 fully saturated rings. The molecule has 1 N–H and O–H groups in total. The van der Waals surface area contributed by atoms with Crippen LogP contribution in [0.4, 0.5) is 0 Å². The van der Waals surface area contributed by atoms with Gasteiger partial charge in [0.1, 0.15) is 0 Å². The quantitative estimate of drug-likeness (QED) is 0.872. The normalized spacial score (nSPS) is 27.7. The van der Waals surface area contributed by atoms with Gasteiger partial charge < -0.3 is 9.73 Å². The first-order chi connectivity index (χ1) is 8.26. The molecule has 1 aromatic heterocycles. The molecular formula is C13H21N3O. The summed E-state index contributed by atoms with van der Waals surface area (Å²) in [5, 5.41) is 11.9. The van der Waals surface area contributed by atoms with Crippen molar-refractivity contribution in [1.29, 1.82) is 0 Å². The van der Waals surface area contributed by atoms with Crippen LogP contribution >= 0.6 is 0 Å². The fourth-order valence-corrected chi connectivity index (χ4v) is 2.81. The Morgan fingerprint density at radius 1 is 1.29 bits per heavy atom. The molecule has 0 radical (unpaired) electrons. The minimum Gasteiger partial charge on any atom is -0.425 e. The molecule has 3 rings (SSSR count). The largest absolute Gasteiger partial charge is 0.425 e. The van der Waals surface area contributed by atoms with Crippen LogP contribution in [0.3, 0.4) is 0 Å². The summed E-state index contributed by atoms with van der Waals surface area (Å²) in [6.07, 6.45) is 8.41. The standard InChI is InChI=1S/C13H21N3O/c1-13(6-4-7-13)12-16-15-11(17-12)9-10-5-2-3-8-14-10/h10,14H,2-9H2,1H3. The van der Waals surface area contributed by atoms with Gasteiger partial charge in [-0.25, -0.2) is 0 Å². The zero-order valence-electron chi connectivity index (χ0n) is 10.5. The maximum atomic E-state index is 5.83. The summed E-state index contributed by atoms with van der Waals surface area (Å²) in [6, 6.07) is 0.534. The summed E-state index contributed by atoms with van der Waals surface area (Å²) >= 11 is 0. The molecule has 2 heterocycles. The summed E-state index contributed by atoms with van der Waals surface area (Å²) in [6.45, 7) is 3.36. The molecule has 17 heavy (non-hydrogen) atoms. The van der Waals surface area contributed by atoms with E-state index in [0.717, 1.165) is 24.7 Å². The molecule has 94 valence electrons. The van der Waals surface area contributed by atoms with Gasteiger partial charge in [0.05, 0.1) is 0 Å². The van der Waals surface area contributed by atoms with Crippen LogP contribution in [0.2, 0.25) is 0 Å². The Hall–Kier alpha value is -0.900. The molecule has 0 spiro atoms. The van der Waals surface area contributed by atoms with Crippen LogP contribution in [-0.4, -0.2) is 22.8 Å². The lowest BCUT2D eigenvalue weighted by Gasteiger charge is -2.34. The van der Waals surface area contributed by atoms with Gasteiger partial charge in [0.25, 0.3) is 0 Å². The Labute approximate surface area is 102 Å². The molecule has 4 nitrogen and oxygen atoms in total. The second-order valence-corrected chi connectivity index (χ2v) is 5.77. The number of aromatic nitrogens is 2. The first-order valence-electron chi connectivity index (χ1n) is 6.82. The highest BCUT2D eigenvalue weighted by Gasteiger charge is 2.38. The van der Waals surface area contributed by atoms with Crippen molar-refractivity contribution >= 4 is 0 Å². The van der Waals surface area contributed by atoms with Gasteiger partial charge in [-0.2, -0.15) is 0 Å². The van der Waals surface area contributed by atoms with Gasteiger partial charge in [-0.3, -0.25) is 0 Å². The molecule has 1 atom stereocenters. The Balaban J connectivity index is 1.63. The zero-order chi connectivity index (χ0) is 11.7. The first-order valence-corrected chi connectivity index (χ1v) is 6.82. The summed E-state index contributed by atoms with van der Waals surface area (Å²) in [7, 11) is 0. The van der Waals surface area contributed by atoms with Crippen LogP contribution in [0.25, 0.3) is 0 Å². The van der Waals surface area contributed by atoms with Crippen molar-refractivity contribution in [2.45, 2.75) is 63.3 Å². The van der Waals surface area contributed by atoms with Gasteiger partial charge in [0.15, 0.2) is 0 Å². The van der Waals surface area contributed by atoms with E-state index in [0.29, 0.717) is 6.04 Å². The number of hydrogen-bond donors (Lipinski definition) is 1. The van der Waals surface area contributed by atoms with E-state index in [-0.39, 0.29) is 5.41 Å². The van der Waals surface area contributed by atoms with E-state index in [1.807, 2.05) is 0 Å². The lowest BCUT2D eigenvalue weighted by molar-refractivity contribution is 0.208. The number of nitrogens with one attached hydrogen (secondary N) is 1. The Kier molecular flexibility index (Phi) is 2.90. The third-order valence-corrected chi connectivity index (χ3v) is 4.27. The molecule has 1 saturated heterocycles. The Bertz CT molecular complexity index is 378. The molecule has 1 aliphatic carbocycles. The number of nitrogens with zero attached hydrogens (tertiary/aromatic N) is 2. The van der Waals surface area contributed by atoms with E-state index in [1.165, 1.54) is 38.5 Å². The molecule has 1 aromatic rings. The minimum absolute atomic E-state index is 0.172. The summed E-state index contributed by atoms with van der Waals surface area (Å²) < 4.78 is 5.83. The predicted octanol–water partition coefficient (Wildman–Crippen LogP) is 2.20. The van der Waals surface area contributed by atoms with Gasteiger partial charge in [-0.1, -0.05) is 19.8 Å². The molecule has 2 aliphatic rings. The van der Waals surface area contributed by atoms with Gasteiger partial charge in [0, 0.05) is 17.9 Å². The molecular weight excluding hydrogens is 214 g/mol. The monoisotopic (exact) mass is 235 g/mol. The summed E-state index contributed by atoms with van der Waals surface area (Å²) in [4.78, 5) is 0. The van der Waals surface area contributed by atoms with Crippen molar-refractivity contribution in [2.75, 3.05) is 6.54 Å². The number of piperidine rings is 1. The van der Waals surface area contributed by atoms with Crippen molar-refractivity contribution < 1.29 is 4.42 Å². The SMILES string of the molecule is CC1(c2nnc(CC3CCCCN3)o2)CCC1. The van der Waals surface area contributed by atoms with Crippen LogP contribution in [0, 0.1) is 0 Å². The fourth-order valence-electron chi connectivity index (χ4n) is 2.81. The fraction of sp³-hybridized carbons (Fsp3) is 0.846. The predicted molar refractivity (Wildman–Crippen MR) is 64.8 cm³/mol. The first kappa shape index (κ1) is 11.2. The highest BCUT2D eigenvalue weighted by molar-refractivity contribution is 5.07. The van der Waals surface area contributed by atoms with Gasteiger partial charge in [-0.15, -0.1) is 10.2 Å². The summed E-state index contributed by atoms with van der Waals surface area (Å²) in [5.74, 6) is 1.67. The zero-order valence-corrected chi connectivity index (χ0v) is 10.5. The van der Waals surface area contributed by atoms with Gasteiger partial charge in [-0.05, 0) is 32.2 Å². The molecule has 0 amide bonds. The van der Waals surface area contributed by atoms with Gasteiger partial charge in [0.2, 0.25) is 11.8 Å². The second-order valence-electron chi connectivity index (χ2n) is 5.77. The van der Waals surface area contributed by atoms with E-state index >= 15 is 0 Å². The van der Waals surface area contributed by atoms with Crippen molar-refractivity contribution in [3.8, 4) is 0 Å². The Morgan fingerprint density at radius 3 is 2.82 bits per heavy atom. The van der Waals surface area contributed by atoms with Crippen LogP contribution in [-0.2, 0) is 11.8 Å². The van der Waals surface area contributed by atoms with E-state index in [4.69, 9.17) is 4.42 Å². The summed E-state index contributed by atoms with van der Waals surface area (Å²) in [5.41, 5.74) is 0.172. The average molecular weight is 235 g/mol. The highest BCUT2D eigenvalue weighted by Crippen LogP contribution is 2.42. The maximum Gasteiger partial charge on any atom is 0.222 e. The van der Waals surface area contributed by atoms with Crippen molar-refractivity contribution in [3.05, 3.63) is 11.8 Å². The molecule has 1 unspecified atom stereocenters. The van der Waals surface area contributed by atoms with Crippen molar-refractivity contribution in [2.24, 2.45) is 0 Å². The topological polar surface area (TPSA) is 51.0 Å². The minimum atomic E-state index is 0.172. The van der Waals surface area contributed by atoms with Crippen LogP contribution in [0.15, 0.2) is 4.42 Å². The molecule has 0 aromatic carbocycles. The van der Waals surface area contributed by atoms with Gasteiger partial charge >= 0.3 is 0 Å². The molecule has 4 heteroatoms. The molecule has 1 saturated carbocycles. The Morgan fingerprint density at radius 2 is 2.18 bits per heavy atom. The van der Waals surface area contributed by atoms with E-state index in [2.05, 4.69) is 22.4 Å². The van der Waals surface area contributed by atoms with Crippen molar-refractivity contribution in [1.82, 2.24) is 15.5 Å². The van der Waals surface area contributed by atoms with E-state index < -0.39 is 0 Å². The lowest BCUT2D eigenvalue weighted by Crippen LogP contribution is -2.35. The molecule has 0 bridgehead atoms. The third-order valence-electron chi connectivity index (χ3n) is 4.27. The maximum absolute atomic E-state index is 5.83.